The van der Waals surface area contributed by atoms with Crippen LogP contribution in [0.5, 0.6) is 11.5 Å². The third kappa shape index (κ3) is 4.29. The number of carbonyl (C=O) groups is 4. The molecule has 8 heteroatoms. The van der Waals surface area contributed by atoms with E-state index in [2.05, 4.69) is 6.92 Å². The Morgan fingerprint density at radius 1 is 0.914 bits per heavy atom. The average Bonchev–Trinajstić information content (AvgIpc) is 3.36. The van der Waals surface area contributed by atoms with Gasteiger partial charge in [-0.25, -0.2) is 4.90 Å². The average molecular weight is 477 g/mol. The Kier molecular flexibility index (Phi) is 6.05. The lowest BCUT2D eigenvalue weighted by molar-refractivity contribution is -0.139. The maximum atomic E-state index is 13.0. The first-order valence-corrected chi connectivity index (χ1v) is 12.0. The summed E-state index contributed by atoms with van der Waals surface area (Å²) in [7, 11) is 1.57. The van der Waals surface area contributed by atoms with E-state index in [1.165, 1.54) is 4.90 Å². The van der Waals surface area contributed by atoms with E-state index in [0.717, 1.165) is 19.3 Å². The van der Waals surface area contributed by atoms with Crippen molar-refractivity contribution in [3.8, 4) is 11.5 Å². The maximum Gasteiger partial charge on any atom is 0.316 e. The minimum atomic E-state index is -0.618. The van der Waals surface area contributed by atoms with Crippen LogP contribution >= 0.6 is 0 Å². The molecule has 8 nitrogen and oxygen atoms in total. The number of esters is 1. The minimum absolute atomic E-state index is 0.0508. The number of methoxy groups -OCH3 is 1. The fraction of sp³-hybridized carbons (Fsp3) is 0.407. The van der Waals surface area contributed by atoms with Gasteiger partial charge in [-0.1, -0.05) is 13.0 Å². The van der Waals surface area contributed by atoms with Gasteiger partial charge >= 0.3 is 5.97 Å². The smallest absolute Gasteiger partial charge is 0.316 e. The number of rotatable bonds is 5. The monoisotopic (exact) mass is 476 g/mol. The van der Waals surface area contributed by atoms with E-state index < -0.39 is 11.9 Å². The molecular weight excluding hydrogens is 448 g/mol. The zero-order valence-electron chi connectivity index (χ0n) is 19.8. The lowest BCUT2D eigenvalue weighted by atomic mass is 9.76. The summed E-state index contributed by atoms with van der Waals surface area (Å²) in [6.45, 7) is 2.33. The van der Waals surface area contributed by atoms with Crippen LogP contribution in [0.15, 0.2) is 48.5 Å². The van der Waals surface area contributed by atoms with Gasteiger partial charge in [0.2, 0.25) is 17.7 Å². The van der Waals surface area contributed by atoms with Crippen molar-refractivity contribution in [2.75, 3.05) is 23.5 Å². The van der Waals surface area contributed by atoms with Crippen LogP contribution in [-0.4, -0.2) is 37.3 Å². The first kappa shape index (κ1) is 23.1. The largest absolute Gasteiger partial charge is 0.497 e. The Balaban J connectivity index is 1.27. The molecule has 0 bridgehead atoms. The van der Waals surface area contributed by atoms with Crippen molar-refractivity contribution < 1.29 is 28.7 Å². The molecule has 35 heavy (non-hydrogen) atoms. The van der Waals surface area contributed by atoms with Crippen molar-refractivity contribution in [1.82, 2.24) is 0 Å². The number of benzene rings is 2. The Labute approximate surface area is 203 Å². The summed E-state index contributed by atoms with van der Waals surface area (Å²) in [5.41, 5.74) is 1.10. The molecule has 1 saturated carbocycles. The molecule has 0 aromatic heterocycles. The molecule has 2 saturated heterocycles. The van der Waals surface area contributed by atoms with E-state index in [4.69, 9.17) is 9.47 Å². The molecule has 3 fully saturated rings. The molecule has 5 rings (SSSR count). The highest BCUT2D eigenvalue weighted by molar-refractivity contribution is 6.22. The van der Waals surface area contributed by atoms with Crippen LogP contribution in [0.25, 0.3) is 0 Å². The van der Waals surface area contributed by atoms with Crippen LogP contribution in [0.3, 0.4) is 0 Å². The Morgan fingerprint density at radius 2 is 1.66 bits per heavy atom. The lowest BCUT2D eigenvalue weighted by Crippen LogP contribution is -2.31. The van der Waals surface area contributed by atoms with Gasteiger partial charge in [0.25, 0.3) is 0 Å². The second kappa shape index (κ2) is 9.17. The summed E-state index contributed by atoms with van der Waals surface area (Å²) in [6.07, 6.45) is 2.44. The van der Waals surface area contributed by atoms with Crippen LogP contribution < -0.4 is 19.3 Å². The van der Waals surface area contributed by atoms with Crippen molar-refractivity contribution in [3.05, 3.63) is 48.5 Å². The van der Waals surface area contributed by atoms with E-state index in [9.17, 15) is 19.2 Å². The predicted octanol–water partition coefficient (Wildman–Crippen LogP) is 3.58. The number of anilines is 2. The molecule has 3 amide bonds. The molecular formula is C27H28N2O6. The molecule has 2 aliphatic heterocycles. The van der Waals surface area contributed by atoms with E-state index in [0.29, 0.717) is 23.0 Å². The highest BCUT2D eigenvalue weighted by atomic mass is 16.5. The quantitative estimate of drug-likeness (QED) is 0.372. The third-order valence-electron chi connectivity index (χ3n) is 7.32. The molecule has 4 atom stereocenters. The van der Waals surface area contributed by atoms with E-state index in [1.807, 2.05) is 0 Å². The number of imide groups is 1. The van der Waals surface area contributed by atoms with Crippen molar-refractivity contribution >= 4 is 35.1 Å². The van der Waals surface area contributed by atoms with Gasteiger partial charge in [0.05, 0.1) is 30.6 Å². The highest BCUT2D eigenvalue weighted by Crippen LogP contribution is 2.42. The number of fused-ring (bicyclic) bond motifs is 1. The number of hydrogen-bond acceptors (Lipinski definition) is 6. The maximum absolute atomic E-state index is 13.0. The molecule has 2 heterocycles. The van der Waals surface area contributed by atoms with Crippen LogP contribution in [0.1, 0.15) is 32.6 Å². The number of amides is 3. The first-order chi connectivity index (χ1) is 16.9. The molecule has 0 spiro atoms. The van der Waals surface area contributed by atoms with Crippen molar-refractivity contribution in [3.63, 3.8) is 0 Å². The van der Waals surface area contributed by atoms with Crippen molar-refractivity contribution in [2.45, 2.75) is 32.6 Å². The van der Waals surface area contributed by atoms with Crippen LogP contribution in [0.2, 0.25) is 0 Å². The molecule has 182 valence electrons. The molecule has 0 unspecified atom stereocenters. The van der Waals surface area contributed by atoms with Gasteiger partial charge in [-0.15, -0.1) is 0 Å². The Hall–Kier alpha value is -3.68. The zero-order chi connectivity index (χ0) is 24.7. The molecule has 0 N–H and O–H groups in total. The SMILES string of the molecule is COc1ccc(N2C[C@H](C(=O)Oc3cccc(N4C(=O)[C@@H]5CC[C@@H](C)C[C@H]5C4=O)c3)CC2=O)cc1. The highest BCUT2D eigenvalue weighted by Gasteiger charge is 2.50. The summed E-state index contributed by atoms with van der Waals surface area (Å²) >= 11 is 0. The summed E-state index contributed by atoms with van der Waals surface area (Å²) < 4.78 is 10.7. The minimum Gasteiger partial charge on any atom is -0.497 e. The fourth-order valence-electron chi connectivity index (χ4n) is 5.41. The third-order valence-corrected chi connectivity index (χ3v) is 7.32. The van der Waals surface area contributed by atoms with Crippen LogP contribution in [-0.2, 0) is 19.2 Å². The molecule has 3 aliphatic rings. The van der Waals surface area contributed by atoms with Gasteiger partial charge in [0.15, 0.2) is 0 Å². The fourth-order valence-corrected chi connectivity index (χ4v) is 5.41. The van der Waals surface area contributed by atoms with E-state index >= 15 is 0 Å². The lowest BCUT2D eigenvalue weighted by Gasteiger charge is -2.25. The number of ether oxygens (including phenoxy) is 2. The van der Waals surface area contributed by atoms with Gasteiger partial charge < -0.3 is 14.4 Å². The predicted molar refractivity (Wildman–Crippen MR) is 128 cm³/mol. The normalized spacial score (nSPS) is 26.2. The van der Waals surface area contributed by atoms with Crippen LogP contribution in [0.4, 0.5) is 11.4 Å². The van der Waals surface area contributed by atoms with Crippen molar-refractivity contribution in [1.29, 1.82) is 0 Å². The number of hydrogen-bond donors (Lipinski definition) is 0. The number of nitrogens with zero attached hydrogens (tertiary/aromatic N) is 2. The van der Waals surface area contributed by atoms with Crippen molar-refractivity contribution in [2.24, 2.45) is 23.7 Å². The Morgan fingerprint density at radius 3 is 2.40 bits per heavy atom. The summed E-state index contributed by atoms with van der Waals surface area (Å²) in [6, 6.07) is 13.6. The second-order valence-corrected chi connectivity index (χ2v) is 9.66. The molecule has 0 radical (unpaired) electrons. The van der Waals surface area contributed by atoms with Crippen LogP contribution in [0, 0.1) is 23.7 Å². The summed E-state index contributed by atoms with van der Waals surface area (Å²) in [5, 5.41) is 0. The number of carbonyl (C=O) groups excluding carboxylic acids is 4. The summed E-state index contributed by atoms with van der Waals surface area (Å²) in [4.78, 5) is 54.3. The van der Waals surface area contributed by atoms with Gasteiger partial charge in [0, 0.05) is 24.7 Å². The van der Waals surface area contributed by atoms with Gasteiger partial charge in [-0.2, -0.15) is 0 Å². The van der Waals surface area contributed by atoms with Gasteiger partial charge in [-0.3, -0.25) is 19.2 Å². The van der Waals surface area contributed by atoms with E-state index in [-0.39, 0.29) is 48.3 Å². The molecule has 2 aromatic carbocycles. The second-order valence-electron chi connectivity index (χ2n) is 9.66. The topological polar surface area (TPSA) is 93.2 Å². The molecule has 2 aromatic rings. The summed E-state index contributed by atoms with van der Waals surface area (Å²) in [5.74, 6) is -0.835. The van der Waals surface area contributed by atoms with Gasteiger partial charge in [-0.05, 0) is 61.6 Å². The van der Waals surface area contributed by atoms with Gasteiger partial charge in [0.1, 0.15) is 11.5 Å². The standard InChI is InChI=1S/C27H28N2O6/c1-16-6-11-22-23(12-16)26(32)29(25(22)31)19-4-3-5-21(14-19)35-27(33)17-13-24(30)28(15-17)18-7-9-20(34-2)10-8-18/h3-5,7-10,14,16-17,22-23H,6,11-13,15H2,1-2H3/t16-,17-,22-,23-/m1/s1. The zero-order valence-corrected chi connectivity index (χ0v) is 19.8. The molecule has 1 aliphatic carbocycles. The van der Waals surface area contributed by atoms with E-state index in [1.54, 1.807) is 60.5 Å². The Bertz CT molecular complexity index is 1180. The first-order valence-electron chi connectivity index (χ1n) is 12.0.